The smallest absolute Gasteiger partial charge is 0.320 e. The first-order valence-electron chi connectivity index (χ1n) is 4.94. The minimum atomic E-state index is -4.53. The zero-order chi connectivity index (χ0) is 13.7. The highest BCUT2D eigenvalue weighted by Gasteiger charge is 2.07. The third-order valence-electron chi connectivity index (χ3n) is 1.19. The number of hydrogen-bond acceptors (Lipinski definition) is 6. The van der Waals surface area contributed by atoms with Crippen molar-refractivity contribution in [3.63, 3.8) is 0 Å². The normalized spacial score (nSPS) is 10.1. The molecule has 0 atom stereocenters. The molecule has 0 amide bonds. The summed E-state index contributed by atoms with van der Waals surface area (Å²) in [5, 5.41) is 0. The molecule has 0 aliphatic carbocycles. The number of carbonyl (C=O) groups excluding carboxylic acids is 1. The summed E-state index contributed by atoms with van der Waals surface area (Å²) < 4.78 is 39.3. The average Bonchev–Trinajstić information content (AvgIpc) is 2.22. The zero-order valence-corrected chi connectivity index (χ0v) is 10.7. The first kappa shape index (κ1) is 18.4. The quantitative estimate of drug-likeness (QED) is 0.260. The van der Waals surface area contributed by atoms with Gasteiger partial charge in [-0.05, 0) is 13.0 Å². The van der Waals surface area contributed by atoms with E-state index in [0.717, 1.165) is 6.54 Å². The molecule has 0 fully saturated rings. The van der Waals surface area contributed by atoms with Crippen molar-refractivity contribution >= 4 is 16.1 Å². The van der Waals surface area contributed by atoms with Crippen molar-refractivity contribution in [2.24, 2.45) is 0 Å². The van der Waals surface area contributed by atoms with Gasteiger partial charge in [-0.1, -0.05) is 6.58 Å². The molecule has 17 heavy (non-hydrogen) atoms. The van der Waals surface area contributed by atoms with E-state index in [0.29, 0.717) is 6.61 Å². The maximum Gasteiger partial charge on any atom is 0.320 e. The van der Waals surface area contributed by atoms with Crippen molar-refractivity contribution in [2.45, 2.75) is 6.92 Å². The van der Waals surface area contributed by atoms with Crippen LogP contribution in [0.25, 0.3) is 0 Å². The zero-order valence-electron chi connectivity index (χ0n) is 9.88. The van der Waals surface area contributed by atoms with Gasteiger partial charge in [-0.15, -0.1) is 0 Å². The van der Waals surface area contributed by atoms with Gasteiger partial charge in [0.2, 0.25) is 0 Å². The minimum Gasteiger partial charge on any atom is -0.748 e. The monoisotopic (exact) mass is 269 g/mol. The molecule has 0 saturated carbocycles. The van der Waals surface area contributed by atoms with E-state index in [1.54, 1.807) is 13.0 Å². The molecule has 0 spiro atoms. The molecule has 102 valence electrons. The predicted molar refractivity (Wildman–Crippen MR) is 60.0 cm³/mol. The summed E-state index contributed by atoms with van der Waals surface area (Å²) in [7, 11) is -4.53. The Morgan fingerprint density at radius 3 is 2.35 bits per heavy atom. The second kappa shape index (κ2) is 11.5. The van der Waals surface area contributed by atoms with Crippen LogP contribution in [0.5, 0.6) is 0 Å². The molecule has 0 aliphatic heterocycles. The van der Waals surface area contributed by atoms with Crippen LogP contribution in [0, 0.1) is 0 Å². The van der Waals surface area contributed by atoms with Gasteiger partial charge in [0.25, 0.3) is 0 Å². The third-order valence-corrected chi connectivity index (χ3v) is 1.78. The van der Waals surface area contributed by atoms with Gasteiger partial charge >= 0.3 is 5.97 Å². The first-order valence-corrected chi connectivity index (χ1v) is 6.52. The van der Waals surface area contributed by atoms with Gasteiger partial charge in [0.05, 0.1) is 13.2 Å². The van der Waals surface area contributed by atoms with Gasteiger partial charge in [-0.3, -0.25) is 4.79 Å². The SMILES string of the molecule is C=CC[NH3+].CCOCCOC(=O)CS(=O)(=O)[O-]. The topological polar surface area (TPSA) is 120 Å². The van der Waals surface area contributed by atoms with E-state index in [2.05, 4.69) is 17.0 Å². The van der Waals surface area contributed by atoms with E-state index in [1.165, 1.54) is 0 Å². The van der Waals surface area contributed by atoms with Crippen LogP contribution in [0.4, 0.5) is 0 Å². The Balaban J connectivity index is 0. The number of esters is 1. The van der Waals surface area contributed by atoms with Gasteiger partial charge in [0.1, 0.15) is 22.5 Å². The lowest BCUT2D eigenvalue weighted by Crippen LogP contribution is -2.48. The summed E-state index contributed by atoms with van der Waals surface area (Å²) in [4.78, 5) is 10.6. The average molecular weight is 269 g/mol. The second-order valence-corrected chi connectivity index (χ2v) is 4.10. The standard InChI is InChI=1S/C6H12O6S.C3H7N/c1-2-11-3-4-12-6(7)5-13(8,9)10;1-2-3-4/h2-5H2,1H3,(H,8,9,10);2H,1,3-4H2. The number of rotatable bonds is 7. The highest BCUT2D eigenvalue weighted by molar-refractivity contribution is 7.86. The highest BCUT2D eigenvalue weighted by Crippen LogP contribution is 1.86. The van der Waals surface area contributed by atoms with Crippen molar-refractivity contribution < 1.29 is 33.0 Å². The van der Waals surface area contributed by atoms with Crippen LogP contribution in [-0.2, 0) is 24.4 Å². The second-order valence-electron chi connectivity index (χ2n) is 2.70. The lowest BCUT2D eigenvalue weighted by molar-refractivity contribution is -0.352. The molecular formula is C9H19NO6S. The Morgan fingerprint density at radius 2 is 2.00 bits per heavy atom. The van der Waals surface area contributed by atoms with Gasteiger partial charge < -0.3 is 19.8 Å². The number of ether oxygens (including phenoxy) is 2. The highest BCUT2D eigenvalue weighted by atomic mass is 32.2. The fourth-order valence-electron chi connectivity index (χ4n) is 0.545. The molecule has 0 unspecified atom stereocenters. The molecule has 0 aromatic carbocycles. The van der Waals surface area contributed by atoms with E-state index in [9.17, 15) is 17.8 Å². The summed E-state index contributed by atoms with van der Waals surface area (Å²) in [5.41, 5.74) is 3.49. The third kappa shape index (κ3) is 21.0. The van der Waals surface area contributed by atoms with Gasteiger partial charge in [0.15, 0.2) is 0 Å². The Labute approximate surface area is 101 Å². The largest absolute Gasteiger partial charge is 0.748 e. The molecule has 7 nitrogen and oxygen atoms in total. The first-order chi connectivity index (χ1) is 7.87. The summed E-state index contributed by atoms with van der Waals surface area (Å²) in [6.07, 6.45) is 1.76. The molecule has 0 heterocycles. The summed E-state index contributed by atoms with van der Waals surface area (Å²) in [6, 6.07) is 0. The van der Waals surface area contributed by atoms with E-state index in [4.69, 9.17) is 4.74 Å². The molecular weight excluding hydrogens is 250 g/mol. The van der Waals surface area contributed by atoms with Crippen LogP contribution in [0.2, 0.25) is 0 Å². The molecule has 0 aliphatic rings. The Kier molecular flexibility index (Phi) is 12.5. The van der Waals surface area contributed by atoms with Crippen molar-refractivity contribution in [3.8, 4) is 0 Å². The van der Waals surface area contributed by atoms with Crippen LogP contribution in [0.3, 0.4) is 0 Å². The summed E-state index contributed by atoms with van der Waals surface area (Å²) in [5.74, 6) is -2.17. The molecule has 0 aromatic rings. The van der Waals surface area contributed by atoms with Gasteiger partial charge in [-0.2, -0.15) is 0 Å². The van der Waals surface area contributed by atoms with Crippen molar-refractivity contribution in [1.29, 1.82) is 0 Å². The Morgan fingerprint density at radius 1 is 1.47 bits per heavy atom. The molecule has 3 N–H and O–H groups in total. The summed E-state index contributed by atoms with van der Waals surface area (Å²) in [6.45, 7) is 6.66. The molecule has 0 radical (unpaired) electrons. The molecule has 0 rings (SSSR count). The number of carbonyl (C=O) groups is 1. The van der Waals surface area contributed by atoms with Crippen LogP contribution in [0.1, 0.15) is 6.92 Å². The number of quaternary nitrogens is 1. The fourth-order valence-corrected chi connectivity index (χ4v) is 0.917. The van der Waals surface area contributed by atoms with Crippen LogP contribution in [0.15, 0.2) is 12.7 Å². The van der Waals surface area contributed by atoms with Crippen LogP contribution in [-0.4, -0.2) is 51.1 Å². The van der Waals surface area contributed by atoms with Crippen molar-refractivity contribution in [3.05, 3.63) is 12.7 Å². The summed E-state index contributed by atoms with van der Waals surface area (Å²) >= 11 is 0. The van der Waals surface area contributed by atoms with Gasteiger partial charge in [-0.25, -0.2) is 8.42 Å². The lowest BCUT2D eigenvalue weighted by Gasteiger charge is -2.06. The van der Waals surface area contributed by atoms with E-state index in [1.807, 2.05) is 0 Å². The van der Waals surface area contributed by atoms with E-state index in [-0.39, 0.29) is 13.2 Å². The van der Waals surface area contributed by atoms with E-state index >= 15 is 0 Å². The van der Waals surface area contributed by atoms with Crippen molar-refractivity contribution in [2.75, 3.05) is 32.1 Å². The molecule has 8 heteroatoms. The maximum absolute atomic E-state index is 10.6. The fraction of sp³-hybridized carbons (Fsp3) is 0.667. The maximum atomic E-state index is 10.6. The number of hydrogen-bond donors (Lipinski definition) is 1. The van der Waals surface area contributed by atoms with Crippen molar-refractivity contribution in [1.82, 2.24) is 0 Å². The molecule has 0 saturated heterocycles. The Hall–Kier alpha value is -0.960. The van der Waals surface area contributed by atoms with Gasteiger partial charge in [0, 0.05) is 6.61 Å². The molecule has 0 bridgehead atoms. The predicted octanol–water partition coefficient (Wildman–Crippen LogP) is -1.47. The lowest BCUT2D eigenvalue weighted by atomic mass is 10.7. The van der Waals surface area contributed by atoms with E-state index < -0.39 is 21.8 Å². The van der Waals surface area contributed by atoms with Crippen LogP contribution >= 0.6 is 0 Å². The Bertz CT molecular complexity index is 301. The van der Waals surface area contributed by atoms with Crippen LogP contribution < -0.4 is 5.73 Å². The minimum absolute atomic E-state index is 0.0395. The molecule has 0 aromatic heterocycles.